The first-order chi connectivity index (χ1) is 17.9. The van der Waals surface area contributed by atoms with Crippen molar-refractivity contribution in [3.8, 4) is 0 Å². The standard InChI is InChI=1S/C28H35F3N4O3/c1-15(17-6-5-7-18(24(17)29)26(30)31)32-27(37)21-14-35(16-8-9-38-28(2,3)11-16)23(36)10-22(21)33-25-19-12-34(4)13-20(19)25/h5-7,10,14-16,19-20,25-26,33H,8-9,11-13H2,1-4H3,(H,32,37)/t15-,16-,19-,20+,25+/m1/s1. The Balaban J connectivity index is 1.44. The van der Waals surface area contributed by atoms with E-state index in [-0.39, 0.29) is 28.8 Å². The number of likely N-dealkylation sites (tertiary alicyclic amines) is 1. The minimum atomic E-state index is -2.96. The number of carbonyl (C=O) groups excluding carboxylic acids is 1. The van der Waals surface area contributed by atoms with Crippen LogP contribution in [0.15, 0.2) is 35.3 Å². The lowest BCUT2D eigenvalue weighted by atomic mass is 9.93. The number of hydrogen-bond acceptors (Lipinski definition) is 5. The van der Waals surface area contributed by atoms with E-state index in [9.17, 15) is 22.8 Å². The van der Waals surface area contributed by atoms with Crippen molar-refractivity contribution in [2.24, 2.45) is 11.8 Å². The molecule has 0 bridgehead atoms. The number of carbonyl (C=O) groups is 1. The van der Waals surface area contributed by atoms with Crippen LogP contribution in [-0.2, 0) is 4.74 Å². The van der Waals surface area contributed by atoms with Crippen LogP contribution < -0.4 is 16.2 Å². The van der Waals surface area contributed by atoms with Crippen molar-refractivity contribution in [3.05, 3.63) is 63.3 Å². The minimum absolute atomic E-state index is 0.0232. The van der Waals surface area contributed by atoms with Gasteiger partial charge in [-0.25, -0.2) is 13.2 Å². The van der Waals surface area contributed by atoms with E-state index in [0.717, 1.165) is 19.2 Å². The fraction of sp³-hybridized carbons (Fsp3) is 0.571. The average molecular weight is 533 g/mol. The van der Waals surface area contributed by atoms with Gasteiger partial charge in [0.2, 0.25) is 0 Å². The first-order valence-corrected chi connectivity index (χ1v) is 13.2. The number of nitrogens with zero attached hydrogens (tertiary/aromatic N) is 2. The topological polar surface area (TPSA) is 75.6 Å². The lowest BCUT2D eigenvalue weighted by Crippen LogP contribution is -2.39. The van der Waals surface area contributed by atoms with E-state index >= 15 is 0 Å². The van der Waals surface area contributed by atoms with Crippen molar-refractivity contribution >= 4 is 11.6 Å². The molecule has 1 saturated carbocycles. The van der Waals surface area contributed by atoms with Crippen LogP contribution in [0.2, 0.25) is 0 Å². The lowest BCUT2D eigenvalue weighted by molar-refractivity contribution is -0.0695. The smallest absolute Gasteiger partial charge is 0.266 e. The summed E-state index contributed by atoms with van der Waals surface area (Å²) in [6.45, 7) is 7.91. The van der Waals surface area contributed by atoms with Crippen molar-refractivity contribution in [2.75, 3.05) is 32.1 Å². The Hall–Kier alpha value is -2.85. The van der Waals surface area contributed by atoms with E-state index in [4.69, 9.17) is 4.74 Å². The zero-order chi connectivity index (χ0) is 27.4. The van der Waals surface area contributed by atoms with Crippen LogP contribution in [0.3, 0.4) is 0 Å². The molecule has 5 atom stereocenters. The maximum Gasteiger partial charge on any atom is 0.266 e. The van der Waals surface area contributed by atoms with E-state index in [2.05, 4.69) is 22.6 Å². The summed E-state index contributed by atoms with van der Waals surface area (Å²) in [5.41, 5.74) is -0.633. The van der Waals surface area contributed by atoms with Gasteiger partial charge in [0.15, 0.2) is 0 Å². The molecule has 10 heteroatoms. The fourth-order valence-electron chi connectivity index (χ4n) is 6.13. The van der Waals surface area contributed by atoms with E-state index in [0.29, 0.717) is 37.0 Å². The van der Waals surface area contributed by atoms with E-state index in [1.807, 2.05) is 13.8 Å². The summed E-state index contributed by atoms with van der Waals surface area (Å²) in [5.74, 6) is -0.623. The molecule has 1 amide bonds. The molecule has 3 heterocycles. The third kappa shape index (κ3) is 5.20. The first kappa shape index (κ1) is 26.7. The zero-order valence-corrected chi connectivity index (χ0v) is 22.1. The van der Waals surface area contributed by atoms with Crippen molar-refractivity contribution in [2.45, 2.75) is 63.8 Å². The number of halogens is 3. The molecule has 2 saturated heterocycles. The number of nitrogens with one attached hydrogen (secondary N) is 2. The molecule has 2 N–H and O–H groups in total. The number of amides is 1. The van der Waals surface area contributed by atoms with Crippen LogP contribution in [0.5, 0.6) is 0 Å². The first-order valence-electron chi connectivity index (χ1n) is 13.2. The number of hydrogen-bond donors (Lipinski definition) is 2. The molecular weight excluding hydrogens is 497 g/mol. The number of anilines is 1. The zero-order valence-electron chi connectivity index (χ0n) is 22.1. The molecule has 3 fully saturated rings. The Bertz CT molecular complexity index is 1270. The Morgan fingerprint density at radius 1 is 1.18 bits per heavy atom. The van der Waals surface area contributed by atoms with E-state index in [1.165, 1.54) is 18.2 Å². The van der Waals surface area contributed by atoms with Gasteiger partial charge in [0.25, 0.3) is 17.9 Å². The number of fused-ring (bicyclic) bond motifs is 1. The van der Waals surface area contributed by atoms with Gasteiger partial charge in [-0.2, -0.15) is 0 Å². The van der Waals surface area contributed by atoms with Crippen molar-refractivity contribution < 1.29 is 22.7 Å². The molecule has 38 heavy (non-hydrogen) atoms. The Morgan fingerprint density at radius 3 is 2.53 bits per heavy atom. The molecule has 1 aliphatic carbocycles. The van der Waals surface area contributed by atoms with Gasteiger partial charge in [0, 0.05) is 49.6 Å². The summed E-state index contributed by atoms with van der Waals surface area (Å²) in [4.78, 5) is 29.1. The Morgan fingerprint density at radius 2 is 1.87 bits per heavy atom. The van der Waals surface area contributed by atoms with Gasteiger partial charge in [0.05, 0.1) is 28.5 Å². The molecule has 0 spiro atoms. The average Bonchev–Trinajstić information content (AvgIpc) is 3.27. The summed E-state index contributed by atoms with van der Waals surface area (Å²) < 4.78 is 48.6. The second-order valence-electron chi connectivity index (χ2n) is 11.6. The highest BCUT2D eigenvalue weighted by molar-refractivity contribution is 5.99. The number of alkyl halides is 2. The molecule has 0 unspecified atom stereocenters. The molecule has 3 aliphatic rings. The number of rotatable bonds is 7. The lowest BCUT2D eigenvalue weighted by Gasteiger charge is -2.36. The summed E-state index contributed by atoms with van der Waals surface area (Å²) >= 11 is 0. The van der Waals surface area contributed by atoms with Gasteiger partial charge in [-0.05, 0) is 52.5 Å². The number of aromatic nitrogens is 1. The maximum absolute atomic E-state index is 14.8. The second-order valence-corrected chi connectivity index (χ2v) is 11.6. The molecule has 1 aromatic heterocycles. The normalized spacial score (nSPS) is 27.2. The van der Waals surface area contributed by atoms with Crippen molar-refractivity contribution in [3.63, 3.8) is 0 Å². The van der Waals surface area contributed by atoms with Gasteiger partial charge < -0.3 is 24.8 Å². The number of ether oxygens (including phenoxy) is 1. The third-order valence-corrected chi connectivity index (χ3v) is 8.20. The molecular formula is C28H35F3N4O3. The van der Waals surface area contributed by atoms with Crippen LogP contribution in [0, 0.1) is 17.7 Å². The van der Waals surface area contributed by atoms with Crippen molar-refractivity contribution in [1.82, 2.24) is 14.8 Å². The number of piperidine rings is 1. The van der Waals surface area contributed by atoms with Crippen molar-refractivity contribution in [1.29, 1.82) is 0 Å². The molecule has 2 aromatic rings. The summed E-state index contributed by atoms with van der Waals surface area (Å²) in [6, 6.07) is 4.41. The SMILES string of the molecule is C[C@@H](NC(=O)c1cn([C@@H]2CCOC(C)(C)C2)c(=O)cc1N[C@H]1[C@@H]2CN(C)C[C@@H]21)c1cccc(C(F)F)c1F. The van der Waals surface area contributed by atoms with Gasteiger partial charge in [-0.1, -0.05) is 18.2 Å². The predicted molar refractivity (Wildman–Crippen MR) is 138 cm³/mol. The van der Waals surface area contributed by atoms with Crippen LogP contribution in [-0.4, -0.2) is 53.8 Å². The monoisotopic (exact) mass is 532 g/mol. The molecule has 1 aromatic carbocycles. The van der Waals surface area contributed by atoms with E-state index in [1.54, 1.807) is 17.7 Å². The fourth-order valence-corrected chi connectivity index (χ4v) is 6.13. The molecule has 5 rings (SSSR count). The van der Waals surface area contributed by atoms with Crippen LogP contribution >= 0.6 is 0 Å². The Kier molecular flexibility index (Phi) is 7.06. The highest BCUT2D eigenvalue weighted by Gasteiger charge is 2.55. The minimum Gasteiger partial charge on any atom is -0.381 e. The summed E-state index contributed by atoms with van der Waals surface area (Å²) in [5, 5.41) is 6.19. The van der Waals surface area contributed by atoms with Crippen LogP contribution in [0.4, 0.5) is 18.9 Å². The van der Waals surface area contributed by atoms with Crippen LogP contribution in [0.25, 0.3) is 0 Å². The largest absolute Gasteiger partial charge is 0.381 e. The van der Waals surface area contributed by atoms with Gasteiger partial charge in [-0.3, -0.25) is 9.59 Å². The molecule has 0 radical (unpaired) electrons. The third-order valence-electron chi connectivity index (χ3n) is 8.20. The second kappa shape index (κ2) is 10.0. The van der Waals surface area contributed by atoms with Gasteiger partial charge in [0.1, 0.15) is 5.82 Å². The van der Waals surface area contributed by atoms with Gasteiger partial charge in [-0.15, -0.1) is 0 Å². The maximum atomic E-state index is 14.8. The number of pyridine rings is 1. The molecule has 2 aliphatic heterocycles. The van der Waals surface area contributed by atoms with Gasteiger partial charge >= 0.3 is 0 Å². The van der Waals surface area contributed by atoms with Crippen LogP contribution in [0.1, 0.15) is 73.6 Å². The summed E-state index contributed by atoms with van der Waals surface area (Å²) in [6.07, 6.45) is -0.132. The quantitative estimate of drug-likeness (QED) is 0.549. The highest BCUT2D eigenvalue weighted by Crippen LogP contribution is 2.47. The molecule has 206 valence electrons. The Labute approximate surface area is 220 Å². The molecule has 7 nitrogen and oxygen atoms in total. The highest BCUT2D eigenvalue weighted by atomic mass is 19.3. The predicted octanol–water partition coefficient (Wildman–Crippen LogP) is 4.52. The number of benzene rings is 1. The van der Waals surface area contributed by atoms with E-state index < -0.39 is 35.4 Å². The summed E-state index contributed by atoms with van der Waals surface area (Å²) in [7, 11) is 2.07.